The molecule has 2 aliphatic heterocycles. The van der Waals surface area contributed by atoms with Crippen LogP contribution in [0, 0.1) is 0 Å². The number of hydrogen-bond donors (Lipinski definition) is 14. The highest BCUT2D eigenvalue weighted by atomic mass is 16.4. The van der Waals surface area contributed by atoms with E-state index in [0.29, 0.717) is 38.8 Å². The first-order valence-corrected chi connectivity index (χ1v) is 13.9. The minimum absolute atomic E-state index is 0.0129. The Kier molecular flexibility index (Phi) is 28.5. The molecule has 0 saturated carbocycles. The third-order valence-corrected chi connectivity index (χ3v) is 5.46. The molecule has 21 nitrogen and oxygen atoms in total. The summed E-state index contributed by atoms with van der Waals surface area (Å²) in [6, 6.07) is -2.18. The Morgan fingerprint density at radius 2 is 0.978 bits per heavy atom. The van der Waals surface area contributed by atoms with Crippen molar-refractivity contribution in [3.05, 3.63) is 0 Å². The molecule has 0 radical (unpaired) electrons. The summed E-state index contributed by atoms with van der Waals surface area (Å²) in [5.74, 6) is -4.38. The summed E-state index contributed by atoms with van der Waals surface area (Å²) < 4.78 is 0. The molecule has 0 aliphatic carbocycles. The van der Waals surface area contributed by atoms with E-state index in [1.807, 2.05) is 0 Å². The van der Waals surface area contributed by atoms with Crippen molar-refractivity contribution >= 4 is 41.8 Å². The van der Waals surface area contributed by atoms with Gasteiger partial charge in [-0.2, -0.15) is 0 Å². The Morgan fingerprint density at radius 3 is 1.13 bits per heavy atom. The van der Waals surface area contributed by atoms with Crippen molar-refractivity contribution in [3.8, 4) is 0 Å². The summed E-state index contributed by atoms with van der Waals surface area (Å²) in [7, 11) is 0. The number of guanidine groups is 2. The highest BCUT2D eigenvalue weighted by Gasteiger charge is 2.20. The summed E-state index contributed by atoms with van der Waals surface area (Å²) >= 11 is 0. The van der Waals surface area contributed by atoms with Gasteiger partial charge in [-0.1, -0.05) is 0 Å². The zero-order chi connectivity index (χ0) is 35.4. The van der Waals surface area contributed by atoms with Crippen molar-refractivity contribution in [2.24, 2.45) is 50.1 Å². The van der Waals surface area contributed by atoms with Crippen LogP contribution in [-0.4, -0.2) is 124 Å². The van der Waals surface area contributed by atoms with Crippen LogP contribution in [0.5, 0.6) is 0 Å². The number of aliphatic imine (C=N–C) groups is 2. The fourth-order valence-electron chi connectivity index (χ4n) is 3.08. The van der Waals surface area contributed by atoms with E-state index in [2.05, 4.69) is 26.4 Å². The Hall–Kier alpha value is -4.31. The van der Waals surface area contributed by atoms with E-state index < -0.39 is 41.9 Å². The highest BCUT2D eigenvalue weighted by Crippen LogP contribution is 2.04. The largest absolute Gasteiger partial charge is 0.480 e. The molecule has 0 bridgehead atoms. The maximum absolute atomic E-state index is 10.2. The van der Waals surface area contributed by atoms with E-state index in [1.165, 1.54) is 0 Å². The minimum atomic E-state index is -1.00. The van der Waals surface area contributed by atoms with Crippen LogP contribution in [0.1, 0.15) is 51.4 Å². The number of nitrogens with zero attached hydrogens (tertiary/aromatic N) is 2. The van der Waals surface area contributed by atoms with Gasteiger partial charge < -0.3 is 76.3 Å². The number of carboxylic acids is 5. The summed E-state index contributed by atoms with van der Waals surface area (Å²) in [6.45, 7) is 2.28. The van der Waals surface area contributed by atoms with Crippen LogP contribution in [0.15, 0.2) is 9.98 Å². The minimum Gasteiger partial charge on any atom is -0.480 e. The van der Waals surface area contributed by atoms with Gasteiger partial charge in [-0.05, 0) is 64.5 Å². The molecule has 2 heterocycles. The second kappa shape index (κ2) is 28.5. The molecule has 0 aromatic carbocycles. The summed E-state index contributed by atoms with van der Waals surface area (Å²) in [5.41, 5.74) is 35.2. The second-order valence-electron chi connectivity index (χ2n) is 9.36. The van der Waals surface area contributed by atoms with Crippen molar-refractivity contribution in [3.63, 3.8) is 0 Å². The number of nitrogens with one attached hydrogen (secondary N) is 2. The van der Waals surface area contributed by atoms with E-state index in [-0.39, 0.29) is 30.5 Å². The normalized spacial score (nSPS) is 17.3. The van der Waals surface area contributed by atoms with Gasteiger partial charge in [0.05, 0.1) is 6.54 Å². The van der Waals surface area contributed by atoms with Gasteiger partial charge >= 0.3 is 29.8 Å². The Balaban J connectivity index is -0.000000504. The molecule has 0 spiro atoms. The molecule has 2 unspecified atom stereocenters. The van der Waals surface area contributed by atoms with Gasteiger partial charge in [-0.25, -0.2) is 0 Å². The lowest BCUT2D eigenvalue weighted by atomic mass is 10.2. The first-order chi connectivity index (χ1) is 21.0. The molecule has 2 fully saturated rings. The summed E-state index contributed by atoms with van der Waals surface area (Å²) in [4.78, 5) is 57.3. The van der Waals surface area contributed by atoms with E-state index in [9.17, 15) is 24.0 Å². The molecular weight excluding hydrogens is 602 g/mol. The number of carboxylic acid groups (broad SMARTS) is 5. The van der Waals surface area contributed by atoms with Crippen LogP contribution in [0.2, 0.25) is 0 Å². The van der Waals surface area contributed by atoms with Crippen molar-refractivity contribution in [2.75, 3.05) is 32.7 Å². The van der Waals surface area contributed by atoms with Crippen LogP contribution in [0.4, 0.5) is 0 Å². The topological polar surface area (TPSA) is 417 Å². The number of carbonyl (C=O) groups is 5. The third kappa shape index (κ3) is 32.4. The van der Waals surface area contributed by atoms with Crippen molar-refractivity contribution < 1.29 is 49.5 Å². The Bertz CT molecular complexity index is 852. The predicted octanol–water partition coefficient (Wildman–Crippen LogP) is -4.42. The number of nitrogens with two attached hydrogens (primary N) is 7. The first-order valence-electron chi connectivity index (χ1n) is 13.9. The molecule has 2 saturated heterocycles. The third-order valence-electron chi connectivity index (χ3n) is 5.46. The lowest BCUT2D eigenvalue weighted by Gasteiger charge is -2.03. The predicted molar refractivity (Wildman–Crippen MR) is 165 cm³/mol. The molecule has 21 heteroatoms. The molecule has 4 atom stereocenters. The molecule has 2 aliphatic rings. The molecular formula is C24H51N11O10. The number of rotatable bonds is 13. The Morgan fingerprint density at radius 1 is 0.667 bits per heavy atom. The SMILES string of the molecule is NC(N)=NCCCC(N)C(=O)O.NC(N)=NCCCC(N)C(=O)O.NCC(=O)O.O=C(O)[C@@H]1CCCN1.O=C(O)[C@@H]1CCCN1. The van der Waals surface area contributed by atoms with Crippen LogP contribution in [0.25, 0.3) is 0 Å². The smallest absolute Gasteiger partial charge is 0.320 e. The average molecular weight is 654 g/mol. The van der Waals surface area contributed by atoms with Gasteiger partial charge in [-0.3, -0.25) is 34.0 Å². The van der Waals surface area contributed by atoms with E-state index in [4.69, 9.17) is 59.9 Å². The quantitative estimate of drug-likeness (QED) is 0.0506. The van der Waals surface area contributed by atoms with Crippen LogP contribution >= 0.6 is 0 Å². The average Bonchev–Trinajstić information content (AvgIpc) is 3.70. The highest BCUT2D eigenvalue weighted by molar-refractivity contribution is 5.76. The number of aliphatic carboxylic acids is 5. The van der Waals surface area contributed by atoms with Gasteiger partial charge in [0.15, 0.2) is 11.9 Å². The zero-order valence-electron chi connectivity index (χ0n) is 25.2. The monoisotopic (exact) mass is 653 g/mol. The lowest BCUT2D eigenvalue weighted by Crippen LogP contribution is -2.30. The van der Waals surface area contributed by atoms with Crippen molar-refractivity contribution in [2.45, 2.75) is 75.5 Å². The fourth-order valence-corrected chi connectivity index (χ4v) is 3.08. The van der Waals surface area contributed by atoms with Gasteiger partial charge in [0.25, 0.3) is 0 Å². The van der Waals surface area contributed by atoms with Gasteiger partial charge in [0.1, 0.15) is 24.2 Å². The fraction of sp³-hybridized carbons (Fsp3) is 0.708. The van der Waals surface area contributed by atoms with Crippen molar-refractivity contribution in [1.82, 2.24) is 10.6 Å². The summed E-state index contributed by atoms with van der Waals surface area (Å²) in [6.07, 6.45) is 5.48. The molecule has 2 rings (SSSR count). The molecule has 21 N–H and O–H groups in total. The van der Waals surface area contributed by atoms with E-state index >= 15 is 0 Å². The number of hydrogen-bond acceptors (Lipinski definition) is 12. The molecule has 262 valence electrons. The van der Waals surface area contributed by atoms with Crippen LogP contribution < -0.4 is 50.8 Å². The van der Waals surface area contributed by atoms with Crippen LogP contribution in [0.3, 0.4) is 0 Å². The summed E-state index contributed by atoms with van der Waals surface area (Å²) in [5, 5.41) is 46.8. The van der Waals surface area contributed by atoms with Gasteiger partial charge in [0, 0.05) is 13.1 Å². The molecule has 0 amide bonds. The van der Waals surface area contributed by atoms with Crippen LogP contribution in [-0.2, 0) is 24.0 Å². The standard InChI is InChI=1S/2C6H14N4O2.2C5H9NO2.C2H5NO2/c2*7-4(5(11)12)2-1-3-10-6(8)9;2*7-5(8)4-2-1-3-6-4;3-1-2(4)5/h2*4H,1-3,7H2,(H,11,12)(H4,8,9,10);2*4,6H,1-3H2,(H,7,8);1,3H2,(H,4,5)/t;;2*4-;/m..00./s1. The van der Waals surface area contributed by atoms with E-state index in [0.717, 1.165) is 38.8 Å². The maximum Gasteiger partial charge on any atom is 0.320 e. The first kappa shape index (κ1) is 45.1. The van der Waals surface area contributed by atoms with Gasteiger partial charge in [0.2, 0.25) is 0 Å². The maximum atomic E-state index is 10.2. The van der Waals surface area contributed by atoms with Gasteiger partial charge in [-0.15, -0.1) is 0 Å². The molecule has 0 aromatic heterocycles. The van der Waals surface area contributed by atoms with E-state index in [1.54, 1.807) is 0 Å². The Labute approximate surface area is 260 Å². The van der Waals surface area contributed by atoms with Crippen molar-refractivity contribution in [1.29, 1.82) is 0 Å². The lowest BCUT2D eigenvalue weighted by molar-refractivity contribution is -0.140. The zero-order valence-corrected chi connectivity index (χ0v) is 25.2. The molecule has 0 aromatic rings. The molecule has 45 heavy (non-hydrogen) atoms. The second-order valence-corrected chi connectivity index (χ2v) is 9.36.